The molecule has 3 N–H and O–H groups in total. The van der Waals surface area contributed by atoms with Crippen LogP contribution in [-0.4, -0.2) is 42.1 Å². The number of carbonyl (C=O) groups is 3. The van der Waals surface area contributed by atoms with Crippen molar-refractivity contribution in [2.24, 2.45) is 5.92 Å². The van der Waals surface area contributed by atoms with E-state index in [1.165, 1.54) is 0 Å². The number of hydrogen-bond donors (Lipinski definition) is 3. The highest BCUT2D eigenvalue weighted by atomic mass is 19.1. The van der Waals surface area contributed by atoms with Gasteiger partial charge in [-0.25, -0.2) is 8.78 Å². The van der Waals surface area contributed by atoms with E-state index in [4.69, 9.17) is 9.84 Å². The van der Waals surface area contributed by atoms with Crippen molar-refractivity contribution in [3.8, 4) is 5.75 Å². The Kier molecular flexibility index (Phi) is 7.77. The molecule has 0 aliphatic heterocycles. The molecule has 9 heteroatoms. The second-order valence-corrected chi connectivity index (χ2v) is 8.77. The van der Waals surface area contributed by atoms with E-state index in [-0.39, 0.29) is 30.9 Å². The number of amides is 2. The van der Waals surface area contributed by atoms with E-state index in [0.29, 0.717) is 31.2 Å². The quantitative estimate of drug-likeness (QED) is 0.404. The highest BCUT2D eigenvalue weighted by Gasteiger charge is 2.27. The van der Waals surface area contributed by atoms with Crippen LogP contribution in [0.2, 0.25) is 0 Å². The normalized spacial score (nSPS) is 17.4. The molecule has 3 aromatic carbocycles. The van der Waals surface area contributed by atoms with E-state index in [1.807, 2.05) is 30.3 Å². The monoisotopic (exact) mass is 496 g/mol. The fourth-order valence-corrected chi connectivity index (χ4v) is 4.33. The van der Waals surface area contributed by atoms with Crippen molar-refractivity contribution in [2.45, 2.75) is 31.8 Å². The molecule has 0 heterocycles. The van der Waals surface area contributed by atoms with Crippen LogP contribution in [0.25, 0.3) is 10.8 Å². The summed E-state index contributed by atoms with van der Waals surface area (Å²) >= 11 is 0. The van der Waals surface area contributed by atoms with Crippen LogP contribution in [0, 0.1) is 17.6 Å². The van der Waals surface area contributed by atoms with Crippen LogP contribution in [-0.2, 0) is 4.79 Å². The molecule has 1 aliphatic carbocycles. The number of carboxylic acid groups (broad SMARTS) is 1. The number of halogens is 2. The summed E-state index contributed by atoms with van der Waals surface area (Å²) in [5.41, 5.74) is -0.276. The van der Waals surface area contributed by atoms with Gasteiger partial charge < -0.3 is 20.5 Å². The minimum absolute atomic E-state index is 0.0257. The van der Waals surface area contributed by atoms with E-state index in [2.05, 4.69) is 10.6 Å². The molecule has 1 aliphatic rings. The molecular weight excluding hydrogens is 470 g/mol. The first-order valence-corrected chi connectivity index (χ1v) is 11.8. The molecule has 0 radical (unpaired) electrons. The first-order valence-electron chi connectivity index (χ1n) is 11.8. The summed E-state index contributed by atoms with van der Waals surface area (Å²) < 4.78 is 34.7. The van der Waals surface area contributed by atoms with E-state index < -0.39 is 35.0 Å². The largest absolute Gasteiger partial charge is 0.490 e. The number of carbonyl (C=O) groups excluding carboxylic acids is 2. The Morgan fingerprint density at radius 1 is 0.833 bits per heavy atom. The first kappa shape index (κ1) is 25.1. The lowest BCUT2D eigenvalue weighted by molar-refractivity contribution is -0.143. The SMILES string of the molecule is O=C(NCCNC(=O)c1c(F)cc(O[C@H]2CC[C@@H](C(=O)O)CC2)cc1F)c1ccc2ccccc2c1. The van der Waals surface area contributed by atoms with Gasteiger partial charge in [0.15, 0.2) is 0 Å². The molecule has 0 spiro atoms. The smallest absolute Gasteiger partial charge is 0.306 e. The Morgan fingerprint density at radius 3 is 2.08 bits per heavy atom. The highest BCUT2D eigenvalue weighted by Crippen LogP contribution is 2.29. The van der Waals surface area contributed by atoms with Crippen molar-refractivity contribution < 1.29 is 33.0 Å². The summed E-state index contributed by atoms with van der Waals surface area (Å²) in [6.45, 7) is 0.0446. The third kappa shape index (κ3) is 5.97. The first-order chi connectivity index (χ1) is 17.3. The summed E-state index contributed by atoms with van der Waals surface area (Å²) in [7, 11) is 0. The van der Waals surface area contributed by atoms with E-state index >= 15 is 0 Å². The van der Waals surface area contributed by atoms with Gasteiger partial charge in [0.25, 0.3) is 11.8 Å². The summed E-state index contributed by atoms with van der Waals surface area (Å²) in [5, 5.41) is 16.1. The van der Waals surface area contributed by atoms with Crippen LogP contribution in [0.5, 0.6) is 5.75 Å². The maximum Gasteiger partial charge on any atom is 0.306 e. The zero-order chi connectivity index (χ0) is 25.7. The van der Waals surface area contributed by atoms with Crippen molar-refractivity contribution in [1.29, 1.82) is 0 Å². The number of nitrogens with one attached hydrogen (secondary N) is 2. The number of fused-ring (bicyclic) bond motifs is 1. The maximum atomic E-state index is 14.5. The van der Waals surface area contributed by atoms with Crippen LogP contribution < -0.4 is 15.4 Å². The summed E-state index contributed by atoms with van der Waals surface area (Å²) in [5.74, 6) is -4.74. The Balaban J connectivity index is 1.27. The fourth-order valence-electron chi connectivity index (χ4n) is 4.33. The molecule has 1 saturated carbocycles. The van der Waals surface area contributed by atoms with Gasteiger partial charge in [0.2, 0.25) is 0 Å². The van der Waals surface area contributed by atoms with E-state index in [0.717, 1.165) is 22.9 Å². The lowest BCUT2D eigenvalue weighted by atomic mass is 9.87. The molecule has 36 heavy (non-hydrogen) atoms. The number of rotatable bonds is 8. The van der Waals surface area contributed by atoms with Gasteiger partial charge in [-0.05, 0) is 48.6 Å². The zero-order valence-corrected chi connectivity index (χ0v) is 19.4. The highest BCUT2D eigenvalue weighted by molar-refractivity contribution is 5.98. The average Bonchev–Trinajstić information content (AvgIpc) is 2.86. The average molecular weight is 497 g/mol. The molecule has 2 amide bonds. The Hall–Kier alpha value is -4.01. The molecule has 0 unspecified atom stereocenters. The third-order valence-corrected chi connectivity index (χ3v) is 6.28. The molecule has 188 valence electrons. The second kappa shape index (κ2) is 11.2. The predicted molar refractivity (Wildman–Crippen MR) is 129 cm³/mol. The molecule has 7 nitrogen and oxygen atoms in total. The zero-order valence-electron chi connectivity index (χ0n) is 19.4. The summed E-state index contributed by atoms with van der Waals surface area (Å²) in [6.07, 6.45) is 1.46. The number of aliphatic carboxylic acids is 1. The molecule has 3 aromatic rings. The summed E-state index contributed by atoms with van der Waals surface area (Å²) in [4.78, 5) is 35.8. The minimum Gasteiger partial charge on any atom is -0.490 e. The van der Waals surface area contributed by atoms with Crippen molar-refractivity contribution in [2.75, 3.05) is 13.1 Å². The molecule has 1 fully saturated rings. The Bertz CT molecular complexity index is 1270. The molecule has 0 bridgehead atoms. The van der Waals surface area contributed by atoms with Crippen LogP contribution in [0.15, 0.2) is 54.6 Å². The number of carboxylic acids is 1. The number of benzene rings is 3. The van der Waals surface area contributed by atoms with Crippen LogP contribution in [0.1, 0.15) is 46.4 Å². The van der Waals surface area contributed by atoms with Gasteiger partial charge in [0.1, 0.15) is 22.9 Å². The minimum atomic E-state index is -1.07. The van der Waals surface area contributed by atoms with Gasteiger partial charge in [-0.1, -0.05) is 30.3 Å². The Morgan fingerprint density at radius 2 is 1.44 bits per heavy atom. The van der Waals surface area contributed by atoms with Gasteiger partial charge in [-0.2, -0.15) is 0 Å². The van der Waals surface area contributed by atoms with Crippen molar-refractivity contribution in [1.82, 2.24) is 10.6 Å². The Labute approximate surface area is 206 Å². The van der Waals surface area contributed by atoms with Gasteiger partial charge in [-0.15, -0.1) is 0 Å². The van der Waals surface area contributed by atoms with Gasteiger partial charge in [-0.3, -0.25) is 14.4 Å². The number of hydrogen-bond acceptors (Lipinski definition) is 4. The van der Waals surface area contributed by atoms with Crippen LogP contribution in [0.4, 0.5) is 8.78 Å². The number of ether oxygens (including phenoxy) is 1. The second-order valence-electron chi connectivity index (χ2n) is 8.77. The van der Waals surface area contributed by atoms with Crippen molar-refractivity contribution in [3.05, 3.63) is 77.4 Å². The standard InChI is InChI=1S/C27H26F2N2O5/c28-22-14-21(36-20-9-7-17(8-10-20)27(34)35)15-23(29)24(22)26(33)31-12-11-30-25(32)19-6-5-16-3-1-2-4-18(16)13-19/h1-6,13-15,17,20H,7-12H2,(H,30,32)(H,31,33)(H,34,35)/t17-,20+. The lowest BCUT2D eigenvalue weighted by Crippen LogP contribution is -2.35. The van der Waals surface area contributed by atoms with Crippen LogP contribution >= 0.6 is 0 Å². The third-order valence-electron chi connectivity index (χ3n) is 6.28. The topological polar surface area (TPSA) is 105 Å². The molecule has 0 saturated heterocycles. The predicted octanol–water partition coefficient (Wildman–Crippen LogP) is 4.30. The lowest BCUT2D eigenvalue weighted by Gasteiger charge is -2.26. The van der Waals surface area contributed by atoms with Crippen molar-refractivity contribution >= 4 is 28.6 Å². The van der Waals surface area contributed by atoms with E-state index in [9.17, 15) is 23.2 Å². The van der Waals surface area contributed by atoms with Crippen molar-refractivity contribution in [3.63, 3.8) is 0 Å². The van der Waals surface area contributed by atoms with Crippen LogP contribution in [0.3, 0.4) is 0 Å². The van der Waals surface area contributed by atoms with Gasteiger partial charge >= 0.3 is 5.97 Å². The maximum absolute atomic E-state index is 14.5. The molecule has 4 rings (SSSR count). The van der Waals surface area contributed by atoms with Gasteiger partial charge in [0, 0.05) is 30.8 Å². The summed E-state index contributed by atoms with van der Waals surface area (Å²) in [6, 6.07) is 14.8. The van der Waals surface area contributed by atoms with E-state index in [1.54, 1.807) is 12.1 Å². The fraction of sp³-hybridized carbons (Fsp3) is 0.296. The molecular formula is C27H26F2N2O5. The molecule has 0 aromatic heterocycles. The molecule has 0 atom stereocenters. The van der Waals surface area contributed by atoms with Gasteiger partial charge in [0.05, 0.1) is 12.0 Å².